The van der Waals surface area contributed by atoms with Crippen LogP contribution in [-0.2, 0) is 14.3 Å². The minimum atomic E-state index is -0.293. The van der Waals surface area contributed by atoms with Gasteiger partial charge in [-0.2, -0.15) is 0 Å². The van der Waals surface area contributed by atoms with E-state index in [1.807, 2.05) is 30.3 Å². The van der Waals surface area contributed by atoms with Crippen LogP contribution in [-0.4, -0.2) is 28.9 Å². The molecule has 0 radical (unpaired) electrons. The van der Waals surface area contributed by atoms with Gasteiger partial charge in [0.05, 0.1) is 13.0 Å². The Balaban J connectivity index is 2.11. The van der Waals surface area contributed by atoms with Gasteiger partial charge in [-0.15, -0.1) is 0 Å². The summed E-state index contributed by atoms with van der Waals surface area (Å²) in [5.74, 6) is 0.0540. The van der Waals surface area contributed by atoms with Crippen LogP contribution in [0.4, 0.5) is 0 Å². The molecule has 0 aliphatic rings. The largest absolute Gasteiger partial charge is 0.469 e. The average molecular weight is 384 g/mol. The maximum Gasteiger partial charge on any atom is 0.309 e. The van der Waals surface area contributed by atoms with Crippen molar-refractivity contribution >= 4 is 28.9 Å². The van der Waals surface area contributed by atoms with Crippen molar-refractivity contribution in [1.82, 2.24) is 4.98 Å². The monoisotopic (exact) mass is 383 g/mol. The van der Waals surface area contributed by atoms with Crippen LogP contribution in [0.25, 0.3) is 6.08 Å². The van der Waals surface area contributed by atoms with Gasteiger partial charge in [-0.05, 0) is 36.1 Å². The molecule has 0 fully saturated rings. The molecular formula is C22H25NO3S. The molecule has 0 saturated heterocycles. The molecule has 0 saturated carbocycles. The van der Waals surface area contributed by atoms with E-state index in [0.717, 1.165) is 17.5 Å². The van der Waals surface area contributed by atoms with Gasteiger partial charge in [0.25, 0.3) is 0 Å². The maximum absolute atomic E-state index is 12.1. The van der Waals surface area contributed by atoms with E-state index in [0.29, 0.717) is 12.2 Å². The highest BCUT2D eigenvalue weighted by Crippen LogP contribution is 2.27. The van der Waals surface area contributed by atoms with Crippen LogP contribution in [0.2, 0.25) is 0 Å². The number of esters is 1. The third-order valence-corrected chi connectivity index (χ3v) is 5.28. The second-order valence-electron chi connectivity index (χ2n) is 6.26. The zero-order valence-corrected chi connectivity index (χ0v) is 16.5. The number of pyridine rings is 1. The summed E-state index contributed by atoms with van der Waals surface area (Å²) in [6, 6.07) is 14.1. The quantitative estimate of drug-likeness (QED) is 0.586. The summed E-state index contributed by atoms with van der Waals surface area (Å²) in [5.41, 5.74) is 2.29. The smallest absolute Gasteiger partial charge is 0.309 e. The zero-order valence-electron chi connectivity index (χ0n) is 15.7. The van der Waals surface area contributed by atoms with E-state index in [9.17, 15) is 9.59 Å². The Morgan fingerprint density at radius 3 is 2.44 bits per heavy atom. The van der Waals surface area contributed by atoms with Crippen LogP contribution in [0.1, 0.15) is 36.8 Å². The molecular weight excluding hydrogens is 358 g/mol. The Morgan fingerprint density at radius 1 is 1.11 bits per heavy atom. The molecule has 0 bridgehead atoms. The molecule has 0 spiro atoms. The summed E-state index contributed by atoms with van der Waals surface area (Å²) >= 11 is 1.17. The summed E-state index contributed by atoms with van der Waals surface area (Å²) in [6.07, 6.45) is 9.26. The first-order chi connectivity index (χ1) is 13.1. The SMILES string of the molecule is COC(=O)[C@@H](CCC(C=Cc1ccccc1)c1ccncc1)CSC(C)=O. The van der Waals surface area contributed by atoms with Crippen LogP contribution in [0, 0.1) is 5.92 Å². The summed E-state index contributed by atoms with van der Waals surface area (Å²) in [5, 5.41) is 0.0126. The van der Waals surface area contributed by atoms with Crippen LogP contribution in [0.15, 0.2) is 60.9 Å². The molecule has 27 heavy (non-hydrogen) atoms. The van der Waals surface area contributed by atoms with Crippen LogP contribution in [0.3, 0.4) is 0 Å². The normalized spacial score (nSPS) is 13.3. The van der Waals surface area contributed by atoms with Crippen LogP contribution >= 0.6 is 11.8 Å². The van der Waals surface area contributed by atoms with Crippen LogP contribution in [0.5, 0.6) is 0 Å². The lowest BCUT2D eigenvalue weighted by Crippen LogP contribution is -2.20. The van der Waals surface area contributed by atoms with E-state index in [1.165, 1.54) is 25.8 Å². The number of ether oxygens (including phenoxy) is 1. The number of allylic oxidation sites excluding steroid dienone is 1. The molecule has 0 amide bonds. The highest BCUT2D eigenvalue weighted by atomic mass is 32.2. The first kappa shape index (κ1) is 20.9. The average Bonchev–Trinajstić information content (AvgIpc) is 2.70. The maximum atomic E-state index is 12.1. The van der Waals surface area contributed by atoms with Crippen molar-refractivity contribution in [2.45, 2.75) is 25.7 Å². The number of rotatable bonds is 9. The van der Waals surface area contributed by atoms with E-state index in [1.54, 1.807) is 12.4 Å². The summed E-state index contributed by atoms with van der Waals surface area (Å²) in [7, 11) is 1.39. The lowest BCUT2D eigenvalue weighted by atomic mass is 9.90. The summed E-state index contributed by atoms with van der Waals surface area (Å²) in [4.78, 5) is 27.4. The minimum Gasteiger partial charge on any atom is -0.469 e. The van der Waals surface area contributed by atoms with Gasteiger partial charge in [0.1, 0.15) is 0 Å². The van der Waals surface area contributed by atoms with E-state index in [4.69, 9.17) is 4.74 Å². The predicted octanol–water partition coefficient (Wildman–Crippen LogP) is 4.73. The van der Waals surface area contributed by atoms with Gasteiger partial charge < -0.3 is 4.74 Å². The lowest BCUT2D eigenvalue weighted by Gasteiger charge is -2.18. The Bertz CT molecular complexity index is 747. The topological polar surface area (TPSA) is 56.3 Å². The lowest BCUT2D eigenvalue weighted by molar-refractivity contribution is -0.144. The molecule has 2 rings (SSSR count). The van der Waals surface area contributed by atoms with Crippen molar-refractivity contribution in [3.63, 3.8) is 0 Å². The number of aromatic nitrogens is 1. The number of benzene rings is 1. The zero-order chi connectivity index (χ0) is 19.5. The molecule has 1 unspecified atom stereocenters. The third-order valence-electron chi connectivity index (χ3n) is 4.30. The molecule has 1 aromatic heterocycles. The van der Waals surface area contributed by atoms with Gasteiger partial charge in [-0.3, -0.25) is 14.6 Å². The number of carbonyl (C=O) groups excluding carboxylic acids is 2. The fourth-order valence-electron chi connectivity index (χ4n) is 2.81. The Morgan fingerprint density at radius 2 is 1.81 bits per heavy atom. The molecule has 2 aromatic rings. The van der Waals surface area contributed by atoms with Crippen LogP contribution < -0.4 is 0 Å². The standard InChI is InChI=1S/C22H25NO3S/c1-17(24)27-16-21(22(25)26-2)11-10-19(20-12-14-23-15-13-20)9-8-18-6-4-3-5-7-18/h3-9,12-15,19,21H,10-11,16H2,1-2H3/t19?,21-/m0/s1. The number of hydrogen-bond donors (Lipinski definition) is 0. The number of nitrogens with zero attached hydrogens (tertiary/aromatic N) is 1. The van der Waals surface area contributed by atoms with Gasteiger partial charge in [-0.25, -0.2) is 0 Å². The van der Waals surface area contributed by atoms with Crippen molar-refractivity contribution in [2.24, 2.45) is 5.92 Å². The molecule has 0 N–H and O–H groups in total. The van der Waals surface area contributed by atoms with E-state index in [-0.39, 0.29) is 22.9 Å². The molecule has 0 aliphatic heterocycles. The number of thioether (sulfide) groups is 1. The Hall–Kier alpha value is -2.40. The number of hydrogen-bond acceptors (Lipinski definition) is 5. The second-order valence-corrected chi connectivity index (χ2v) is 7.45. The molecule has 0 aliphatic carbocycles. The fourth-order valence-corrected chi connectivity index (χ4v) is 3.55. The molecule has 1 aromatic carbocycles. The van der Waals surface area contributed by atoms with E-state index >= 15 is 0 Å². The fraction of sp³-hybridized carbons (Fsp3) is 0.318. The molecule has 1 heterocycles. The van der Waals surface area contributed by atoms with Crippen molar-refractivity contribution in [2.75, 3.05) is 12.9 Å². The number of methoxy groups -OCH3 is 1. The first-order valence-electron chi connectivity index (χ1n) is 8.94. The Labute approximate surface area is 165 Å². The van der Waals surface area contributed by atoms with Gasteiger partial charge in [0.2, 0.25) is 0 Å². The molecule has 2 atom stereocenters. The van der Waals surface area contributed by atoms with Crippen molar-refractivity contribution in [1.29, 1.82) is 0 Å². The molecule has 5 heteroatoms. The third kappa shape index (κ3) is 7.39. The van der Waals surface area contributed by atoms with Crippen molar-refractivity contribution in [3.8, 4) is 0 Å². The number of carbonyl (C=O) groups is 2. The van der Waals surface area contributed by atoms with Crippen molar-refractivity contribution < 1.29 is 14.3 Å². The highest BCUT2D eigenvalue weighted by molar-refractivity contribution is 8.13. The van der Waals surface area contributed by atoms with Gasteiger partial charge in [0, 0.05) is 31.0 Å². The van der Waals surface area contributed by atoms with Gasteiger partial charge >= 0.3 is 5.97 Å². The minimum absolute atomic E-state index is 0.0126. The Kier molecular flexibility index (Phi) is 8.78. The predicted molar refractivity (Wildman–Crippen MR) is 110 cm³/mol. The second kappa shape index (κ2) is 11.3. The summed E-state index contributed by atoms with van der Waals surface area (Å²) in [6.45, 7) is 1.52. The highest BCUT2D eigenvalue weighted by Gasteiger charge is 2.22. The van der Waals surface area contributed by atoms with Gasteiger partial charge in [0.15, 0.2) is 5.12 Å². The van der Waals surface area contributed by atoms with E-state index < -0.39 is 0 Å². The van der Waals surface area contributed by atoms with Crippen molar-refractivity contribution in [3.05, 3.63) is 72.1 Å². The first-order valence-corrected chi connectivity index (χ1v) is 9.93. The van der Waals surface area contributed by atoms with E-state index in [2.05, 4.69) is 29.3 Å². The molecule has 142 valence electrons. The summed E-state index contributed by atoms with van der Waals surface area (Å²) < 4.78 is 4.92. The molecule has 4 nitrogen and oxygen atoms in total. The van der Waals surface area contributed by atoms with Gasteiger partial charge in [-0.1, -0.05) is 54.2 Å².